The van der Waals surface area contributed by atoms with Crippen LogP contribution < -0.4 is 5.32 Å². The van der Waals surface area contributed by atoms with Crippen molar-refractivity contribution in [2.45, 2.75) is 16.9 Å². The number of aliphatic hydroxyl groups is 1. The Bertz CT molecular complexity index is 273. The van der Waals surface area contributed by atoms with E-state index in [4.69, 9.17) is 5.11 Å². The zero-order chi connectivity index (χ0) is 11.9. The lowest BCUT2D eigenvalue weighted by molar-refractivity contribution is -0.121. The highest BCUT2D eigenvalue weighted by molar-refractivity contribution is 8.19. The SMILES string of the molecule is C=CCC1(C(=O)NCC=CO)SCCCS1. The molecular formula is C11H17NO2S2. The topological polar surface area (TPSA) is 49.3 Å². The molecular weight excluding hydrogens is 242 g/mol. The predicted octanol–water partition coefficient (Wildman–Crippen LogP) is 2.32. The van der Waals surface area contributed by atoms with E-state index in [1.165, 1.54) is 6.08 Å². The predicted molar refractivity (Wildman–Crippen MR) is 71.9 cm³/mol. The summed E-state index contributed by atoms with van der Waals surface area (Å²) in [5.41, 5.74) is 0. The number of amides is 1. The van der Waals surface area contributed by atoms with E-state index in [1.807, 2.05) is 0 Å². The second kappa shape index (κ2) is 6.91. The monoisotopic (exact) mass is 259 g/mol. The molecule has 1 aliphatic heterocycles. The van der Waals surface area contributed by atoms with Crippen molar-refractivity contribution in [1.82, 2.24) is 5.32 Å². The lowest BCUT2D eigenvalue weighted by Gasteiger charge is -2.33. The number of carbonyl (C=O) groups is 1. The first kappa shape index (κ1) is 13.5. The molecule has 1 rings (SSSR count). The van der Waals surface area contributed by atoms with Gasteiger partial charge in [0.1, 0.15) is 4.08 Å². The summed E-state index contributed by atoms with van der Waals surface area (Å²) in [5.74, 6) is 2.06. The van der Waals surface area contributed by atoms with Crippen LogP contribution in [0.15, 0.2) is 25.0 Å². The van der Waals surface area contributed by atoms with Crippen LogP contribution in [-0.4, -0.2) is 33.1 Å². The Morgan fingerprint density at radius 1 is 1.50 bits per heavy atom. The summed E-state index contributed by atoms with van der Waals surface area (Å²) < 4.78 is -0.413. The highest BCUT2D eigenvalue weighted by Gasteiger charge is 2.39. The van der Waals surface area contributed by atoms with Crippen molar-refractivity contribution in [2.75, 3.05) is 18.1 Å². The smallest absolute Gasteiger partial charge is 0.246 e. The van der Waals surface area contributed by atoms with E-state index in [1.54, 1.807) is 29.6 Å². The number of nitrogens with one attached hydrogen (secondary N) is 1. The first-order valence-electron chi connectivity index (χ1n) is 5.21. The summed E-state index contributed by atoms with van der Waals surface area (Å²) in [5, 5.41) is 11.3. The summed E-state index contributed by atoms with van der Waals surface area (Å²) in [6.45, 7) is 4.09. The van der Waals surface area contributed by atoms with Gasteiger partial charge in [-0.25, -0.2) is 0 Å². The van der Waals surface area contributed by atoms with Crippen LogP contribution >= 0.6 is 23.5 Å². The van der Waals surface area contributed by atoms with E-state index in [0.29, 0.717) is 13.0 Å². The fourth-order valence-electron chi connectivity index (χ4n) is 1.45. The molecule has 0 aromatic rings. The van der Waals surface area contributed by atoms with Gasteiger partial charge >= 0.3 is 0 Å². The molecule has 1 heterocycles. The molecule has 0 unspecified atom stereocenters. The Balaban J connectivity index is 2.60. The standard InChI is InChI=1S/C11H17NO2S2/c1-2-5-11(15-8-4-9-16-11)10(14)12-6-3-7-13/h2-3,7,13H,1,4-6,8-9H2,(H,12,14). The van der Waals surface area contributed by atoms with Crippen molar-refractivity contribution in [2.24, 2.45) is 0 Å². The fraction of sp³-hybridized carbons (Fsp3) is 0.545. The summed E-state index contributed by atoms with van der Waals surface area (Å²) in [7, 11) is 0. The molecule has 2 N–H and O–H groups in total. The lowest BCUT2D eigenvalue weighted by Crippen LogP contribution is -2.43. The molecule has 0 aromatic heterocycles. The van der Waals surface area contributed by atoms with E-state index in [2.05, 4.69) is 11.9 Å². The van der Waals surface area contributed by atoms with Crippen molar-refractivity contribution >= 4 is 29.4 Å². The third kappa shape index (κ3) is 3.49. The average molecular weight is 259 g/mol. The van der Waals surface area contributed by atoms with E-state index < -0.39 is 4.08 Å². The Labute approximate surface area is 105 Å². The van der Waals surface area contributed by atoms with E-state index in [-0.39, 0.29) is 5.91 Å². The van der Waals surface area contributed by atoms with Gasteiger partial charge in [-0.15, -0.1) is 30.1 Å². The van der Waals surface area contributed by atoms with E-state index >= 15 is 0 Å². The van der Waals surface area contributed by atoms with Crippen LogP contribution in [0.5, 0.6) is 0 Å². The molecule has 0 radical (unpaired) electrons. The number of aliphatic hydroxyl groups excluding tert-OH is 1. The summed E-state index contributed by atoms with van der Waals surface area (Å²) in [6.07, 6.45) is 6.08. The van der Waals surface area contributed by atoms with Gasteiger partial charge in [0, 0.05) is 6.54 Å². The number of rotatable bonds is 5. The zero-order valence-electron chi connectivity index (χ0n) is 9.15. The van der Waals surface area contributed by atoms with Crippen molar-refractivity contribution in [3.63, 3.8) is 0 Å². The first-order valence-corrected chi connectivity index (χ1v) is 7.18. The largest absolute Gasteiger partial charge is 0.516 e. The summed E-state index contributed by atoms with van der Waals surface area (Å²) >= 11 is 3.39. The Morgan fingerprint density at radius 2 is 2.19 bits per heavy atom. The summed E-state index contributed by atoms with van der Waals surface area (Å²) in [6, 6.07) is 0. The molecule has 3 nitrogen and oxygen atoms in total. The Hall–Kier alpha value is -0.550. The van der Waals surface area contributed by atoms with E-state index in [0.717, 1.165) is 24.2 Å². The Kier molecular flexibility index (Phi) is 5.84. The van der Waals surface area contributed by atoms with Crippen LogP contribution in [0.25, 0.3) is 0 Å². The third-order valence-corrected chi connectivity index (χ3v) is 5.53. The van der Waals surface area contributed by atoms with Crippen LogP contribution in [0.2, 0.25) is 0 Å². The molecule has 1 fully saturated rings. The van der Waals surface area contributed by atoms with Crippen molar-refractivity contribution in [1.29, 1.82) is 0 Å². The van der Waals surface area contributed by atoms with Gasteiger partial charge in [0.25, 0.3) is 0 Å². The number of hydrogen-bond acceptors (Lipinski definition) is 4. The van der Waals surface area contributed by atoms with Gasteiger partial charge in [0.05, 0.1) is 6.26 Å². The van der Waals surface area contributed by atoms with Gasteiger partial charge in [-0.1, -0.05) is 6.08 Å². The molecule has 0 saturated carbocycles. The third-order valence-electron chi connectivity index (χ3n) is 2.20. The van der Waals surface area contributed by atoms with Crippen LogP contribution in [-0.2, 0) is 4.79 Å². The molecule has 1 amide bonds. The van der Waals surface area contributed by atoms with E-state index in [9.17, 15) is 4.79 Å². The van der Waals surface area contributed by atoms with Crippen LogP contribution in [0.1, 0.15) is 12.8 Å². The highest BCUT2D eigenvalue weighted by atomic mass is 32.2. The minimum Gasteiger partial charge on any atom is -0.516 e. The second-order valence-corrected chi connectivity index (χ2v) is 6.44. The number of allylic oxidation sites excluding steroid dienone is 1. The van der Waals surface area contributed by atoms with Gasteiger partial charge in [0.2, 0.25) is 5.91 Å². The first-order chi connectivity index (χ1) is 7.75. The zero-order valence-corrected chi connectivity index (χ0v) is 10.8. The van der Waals surface area contributed by atoms with Crippen molar-refractivity contribution in [3.8, 4) is 0 Å². The quantitative estimate of drug-likeness (QED) is 0.587. The molecule has 5 heteroatoms. The number of thioether (sulfide) groups is 2. The van der Waals surface area contributed by atoms with Gasteiger partial charge in [-0.2, -0.15) is 0 Å². The molecule has 16 heavy (non-hydrogen) atoms. The van der Waals surface area contributed by atoms with Crippen LogP contribution in [0.3, 0.4) is 0 Å². The Morgan fingerprint density at radius 3 is 2.75 bits per heavy atom. The number of carbonyl (C=O) groups excluding carboxylic acids is 1. The highest BCUT2D eigenvalue weighted by Crippen LogP contribution is 2.45. The molecule has 0 spiro atoms. The lowest BCUT2D eigenvalue weighted by atomic mass is 10.2. The maximum atomic E-state index is 12.1. The minimum atomic E-state index is -0.413. The average Bonchev–Trinajstić information content (AvgIpc) is 2.31. The van der Waals surface area contributed by atoms with Gasteiger partial charge in [-0.05, 0) is 30.4 Å². The number of hydrogen-bond donors (Lipinski definition) is 2. The molecule has 1 saturated heterocycles. The molecule has 1 aliphatic rings. The molecule has 0 bridgehead atoms. The maximum absolute atomic E-state index is 12.1. The maximum Gasteiger partial charge on any atom is 0.246 e. The molecule has 90 valence electrons. The second-order valence-electron chi connectivity index (χ2n) is 3.39. The van der Waals surface area contributed by atoms with Crippen LogP contribution in [0.4, 0.5) is 0 Å². The van der Waals surface area contributed by atoms with Crippen LogP contribution in [0, 0.1) is 0 Å². The molecule has 0 aliphatic carbocycles. The van der Waals surface area contributed by atoms with Crippen molar-refractivity contribution in [3.05, 3.63) is 25.0 Å². The van der Waals surface area contributed by atoms with Crippen molar-refractivity contribution < 1.29 is 9.90 Å². The summed E-state index contributed by atoms with van der Waals surface area (Å²) in [4.78, 5) is 12.1. The van der Waals surface area contributed by atoms with Gasteiger partial charge < -0.3 is 10.4 Å². The molecule has 0 aromatic carbocycles. The molecule has 0 atom stereocenters. The van der Waals surface area contributed by atoms with Gasteiger partial charge in [0.15, 0.2) is 0 Å². The minimum absolute atomic E-state index is 0.0280. The fourth-order valence-corrected chi connectivity index (χ4v) is 4.58. The van der Waals surface area contributed by atoms with Gasteiger partial charge in [-0.3, -0.25) is 4.79 Å². The normalized spacial score (nSPS) is 19.5.